The first kappa shape index (κ1) is 9.58. The number of alkyl halides is 1. The van der Waals surface area contributed by atoms with E-state index >= 15 is 0 Å². The number of aromatic amines is 1. The van der Waals surface area contributed by atoms with E-state index in [4.69, 9.17) is 21.6 Å². The minimum atomic E-state index is -1.46. The number of halogens is 1. The van der Waals surface area contributed by atoms with Crippen LogP contribution in [0.5, 0.6) is 0 Å². The molecule has 0 saturated carbocycles. The van der Waals surface area contributed by atoms with Crippen molar-refractivity contribution in [3.63, 3.8) is 0 Å². The minimum Gasteiger partial charge on any atom is -0.422 e. The molecule has 0 amide bonds. The maximum Gasteiger partial charge on any atom is 0.505 e. The Hall–Kier alpha value is -0.965. The monoisotopic (exact) mass is 209 g/mol. The van der Waals surface area contributed by atoms with Crippen molar-refractivity contribution in [1.82, 2.24) is 4.98 Å². The Morgan fingerprint density at radius 1 is 1.29 bits per heavy atom. The molecule has 0 aliphatic carbocycles. The van der Waals surface area contributed by atoms with Gasteiger partial charge in [0.25, 0.3) is 0 Å². The fourth-order valence-corrected chi connectivity index (χ4v) is 1.59. The second kappa shape index (κ2) is 3.65. The summed E-state index contributed by atoms with van der Waals surface area (Å²) in [5.74, 6) is 0.456. The Bertz CT molecular complexity index is 455. The molecule has 2 aromatic rings. The Balaban J connectivity index is 2.54. The molecule has 0 aliphatic heterocycles. The van der Waals surface area contributed by atoms with E-state index < -0.39 is 7.12 Å². The smallest absolute Gasteiger partial charge is 0.422 e. The first-order valence-corrected chi connectivity index (χ1v) is 4.78. The van der Waals surface area contributed by atoms with Crippen molar-refractivity contribution in [3.05, 3.63) is 29.8 Å². The Labute approximate surface area is 86.5 Å². The molecule has 14 heavy (non-hydrogen) atoms. The summed E-state index contributed by atoms with van der Waals surface area (Å²) < 4.78 is 0. The van der Waals surface area contributed by atoms with Crippen LogP contribution >= 0.6 is 11.6 Å². The molecule has 72 valence electrons. The molecule has 0 radical (unpaired) electrons. The lowest BCUT2D eigenvalue weighted by Crippen LogP contribution is -2.30. The number of H-pyrrole nitrogens is 1. The maximum atomic E-state index is 8.95. The SMILES string of the molecule is OB(O)c1cc2cc(CCl)ccc2[nH]1. The Morgan fingerprint density at radius 2 is 2.07 bits per heavy atom. The molecular formula is C9H9BClNO2. The third-order valence-electron chi connectivity index (χ3n) is 2.14. The highest BCUT2D eigenvalue weighted by molar-refractivity contribution is 6.58. The Morgan fingerprint density at radius 3 is 2.71 bits per heavy atom. The zero-order valence-electron chi connectivity index (χ0n) is 7.37. The highest BCUT2D eigenvalue weighted by Gasteiger charge is 2.13. The minimum absolute atomic E-state index is 0.395. The van der Waals surface area contributed by atoms with Gasteiger partial charge in [-0.1, -0.05) is 6.07 Å². The van der Waals surface area contributed by atoms with Gasteiger partial charge in [0.15, 0.2) is 0 Å². The van der Waals surface area contributed by atoms with Crippen LogP contribution in [-0.4, -0.2) is 22.2 Å². The van der Waals surface area contributed by atoms with Gasteiger partial charge in [-0.15, -0.1) is 11.6 Å². The van der Waals surface area contributed by atoms with Crippen LogP contribution in [0, 0.1) is 0 Å². The molecule has 0 spiro atoms. The molecule has 1 heterocycles. The third-order valence-corrected chi connectivity index (χ3v) is 2.45. The van der Waals surface area contributed by atoms with Crippen molar-refractivity contribution in [3.8, 4) is 0 Å². The molecule has 0 unspecified atom stereocenters. The standard InChI is InChI=1S/C9H9BClNO2/c11-5-6-1-2-8-7(3-6)4-9(12-8)10(13)14/h1-4,12-14H,5H2. The van der Waals surface area contributed by atoms with E-state index in [2.05, 4.69) is 4.98 Å². The van der Waals surface area contributed by atoms with Crippen LogP contribution in [-0.2, 0) is 5.88 Å². The van der Waals surface area contributed by atoms with Crippen molar-refractivity contribution in [2.24, 2.45) is 0 Å². The van der Waals surface area contributed by atoms with Gasteiger partial charge >= 0.3 is 7.12 Å². The van der Waals surface area contributed by atoms with Crippen molar-refractivity contribution in [1.29, 1.82) is 0 Å². The zero-order chi connectivity index (χ0) is 10.1. The summed E-state index contributed by atoms with van der Waals surface area (Å²) in [6.07, 6.45) is 0. The van der Waals surface area contributed by atoms with Crippen molar-refractivity contribution >= 4 is 35.2 Å². The molecule has 0 fully saturated rings. The van der Waals surface area contributed by atoms with E-state index in [1.807, 2.05) is 18.2 Å². The second-order valence-electron chi connectivity index (χ2n) is 3.15. The second-order valence-corrected chi connectivity index (χ2v) is 3.42. The normalized spacial score (nSPS) is 10.8. The van der Waals surface area contributed by atoms with Crippen LogP contribution in [0.1, 0.15) is 5.56 Å². The van der Waals surface area contributed by atoms with Crippen molar-refractivity contribution < 1.29 is 10.0 Å². The van der Waals surface area contributed by atoms with Crippen LogP contribution in [0.2, 0.25) is 0 Å². The van der Waals surface area contributed by atoms with E-state index in [1.165, 1.54) is 0 Å². The van der Waals surface area contributed by atoms with Crippen LogP contribution in [0.4, 0.5) is 0 Å². The molecule has 5 heteroatoms. The summed E-state index contributed by atoms with van der Waals surface area (Å²) in [4.78, 5) is 2.90. The van der Waals surface area contributed by atoms with Gasteiger partial charge in [0, 0.05) is 17.0 Å². The summed E-state index contributed by atoms with van der Waals surface area (Å²) in [5.41, 5.74) is 2.28. The summed E-state index contributed by atoms with van der Waals surface area (Å²) >= 11 is 5.69. The zero-order valence-corrected chi connectivity index (χ0v) is 8.12. The van der Waals surface area contributed by atoms with Gasteiger partial charge in [-0.05, 0) is 29.1 Å². The van der Waals surface area contributed by atoms with Gasteiger partial charge in [0.2, 0.25) is 0 Å². The summed E-state index contributed by atoms with van der Waals surface area (Å²) in [5, 5.41) is 18.8. The first-order valence-electron chi connectivity index (χ1n) is 4.24. The van der Waals surface area contributed by atoms with E-state index in [-0.39, 0.29) is 0 Å². The highest BCUT2D eigenvalue weighted by Crippen LogP contribution is 2.14. The van der Waals surface area contributed by atoms with Crippen molar-refractivity contribution in [2.75, 3.05) is 0 Å². The van der Waals surface area contributed by atoms with E-state index in [0.29, 0.717) is 11.5 Å². The number of hydrogen-bond donors (Lipinski definition) is 3. The summed E-state index contributed by atoms with van der Waals surface area (Å²) in [6, 6.07) is 7.40. The number of aromatic nitrogens is 1. The average Bonchev–Trinajstić information content (AvgIpc) is 2.59. The first-order chi connectivity index (χ1) is 6.70. The molecule has 0 atom stereocenters. The molecule has 0 bridgehead atoms. The number of fused-ring (bicyclic) bond motifs is 1. The van der Waals surface area contributed by atoms with E-state index in [1.54, 1.807) is 6.07 Å². The third kappa shape index (κ3) is 1.64. The van der Waals surface area contributed by atoms with Crippen molar-refractivity contribution in [2.45, 2.75) is 5.88 Å². The van der Waals surface area contributed by atoms with Gasteiger partial charge in [-0.3, -0.25) is 0 Å². The van der Waals surface area contributed by atoms with Gasteiger partial charge < -0.3 is 15.0 Å². The molecule has 0 aliphatic rings. The van der Waals surface area contributed by atoms with Gasteiger partial charge in [0.1, 0.15) is 0 Å². The van der Waals surface area contributed by atoms with Crippen LogP contribution in [0.15, 0.2) is 24.3 Å². The van der Waals surface area contributed by atoms with Crippen LogP contribution in [0.3, 0.4) is 0 Å². The molecule has 0 saturated heterocycles. The number of rotatable bonds is 2. The highest BCUT2D eigenvalue weighted by atomic mass is 35.5. The predicted octanol–water partition coefficient (Wildman–Crippen LogP) is 0.587. The molecule has 1 aromatic carbocycles. The largest absolute Gasteiger partial charge is 0.505 e. The molecule has 3 N–H and O–H groups in total. The summed E-state index contributed by atoms with van der Waals surface area (Å²) in [6.45, 7) is 0. The lowest BCUT2D eigenvalue weighted by Gasteiger charge is -1.93. The molecule has 3 nitrogen and oxygen atoms in total. The predicted molar refractivity (Wildman–Crippen MR) is 57.7 cm³/mol. The van der Waals surface area contributed by atoms with Crippen LogP contribution < -0.4 is 5.59 Å². The Kier molecular flexibility index (Phi) is 2.50. The summed E-state index contributed by atoms with van der Waals surface area (Å²) in [7, 11) is -1.46. The van der Waals surface area contributed by atoms with Crippen LogP contribution in [0.25, 0.3) is 10.9 Å². The van der Waals surface area contributed by atoms with Gasteiger partial charge in [-0.2, -0.15) is 0 Å². The average molecular weight is 209 g/mol. The molecule has 1 aromatic heterocycles. The van der Waals surface area contributed by atoms with Gasteiger partial charge in [0.05, 0.1) is 0 Å². The molecule has 2 rings (SSSR count). The maximum absolute atomic E-state index is 8.95. The lowest BCUT2D eigenvalue weighted by atomic mass is 9.86. The molecular weight excluding hydrogens is 200 g/mol. The quantitative estimate of drug-likeness (QED) is 0.501. The fourth-order valence-electron chi connectivity index (χ4n) is 1.43. The topological polar surface area (TPSA) is 56.2 Å². The number of hydrogen-bond acceptors (Lipinski definition) is 2. The van der Waals surface area contributed by atoms with E-state index in [0.717, 1.165) is 16.5 Å². The number of nitrogens with one attached hydrogen (secondary N) is 1. The van der Waals surface area contributed by atoms with Gasteiger partial charge in [-0.25, -0.2) is 0 Å². The lowest BCUT2D eigenvalue weighted by molar-refractivity contribution is 0.424. The number of benzene rings is 1. The van der Waals surface area contributed by atoms with E-state index in [9.17, 15) is 0 Å². The fraction of sp³-hybridized carbons (Fsp3) is 0.111.